The van der Waals surface area contributed by atoms with E-state index in [1.807, 2.05) is 60.7 Å². The Hall–Kier alpha value is -3.20. The summed E-state index contributed by atoms with van der Waals surface area (Å²) < 4.78 is 35.9. The molecule has 1 amide bonds. The van der Waals surface area contributed by atoms with E-state index in [0.717, 1.165) is 11.1 Å². The third-order valence-electron chi connectivity index (χ3n) is 5.25. The Morgan fingerprint density at radius 2 is 1.34 bits per heavy atom. The van der Waals surface area contributed by atoms with Crippen LogP contribution in [0.4, 0.5) is 4.79 Å². The van der Waals surface area contributed by atoms with E-state index in [4.69, 9.17) is 24.3 Å². The van der Waals surface area contributed by atoms with Crippen LogP contribution < -0.4 is 11.1 Å². The zero-order chi connectivity index (χ0) is 30.5. The van der Waals surface area contributed by atoms with Crippen LogP contribution in [0, 0.1) is 0 Å². The third kappa shape index (κ3) is 14.8. The highest BCUT2D eigenvalue weighted by molar-refractivity contribution is 7.54. The number of carbonyl (C=O) groups excluding carboxylic acids is 2. The maximum Gasteiger partial charge on any atom is 0.408 e. The molecule has 1 atom stereocenters. The molecule has 2 aromatic rings. The number of hydrogen-bond acceptors (Lipinski definition) is 8. The standard InChI is InChI=1S/C30H44N3O7P/c1-29(2,3)39-27(34)25(33-28(35)40-30(4,5)6)18-13-19-32-26(31)22-41(36,37-20-23-14-9-7-10-15-23)38-21-24-16-11-8-12-17-24/h7-12,14-17,25H,13,18-22H2,1-6H3,(H2,31,32)(H,33,35)/t25-/m0/s1. The molecule has 2 rings (SSSR count). The molecule has 0 bridgehead atoms. The second kappa shape index (κ2) is 15.7. The van der Waals surface area contributed by atoms with E-state index in [0.29, 0.717) is 6.42 Å². The first kappa shape index (κ1) is 34.0. The first-order valence-electron chi connectivity index (χ1n) is 13.6. The second-order valence-electron chi connectivity index (χ2n) is 11.5. The largest absolute Gasteiger partial charge is 0.458 e. The monoisotopic (exact) mass is 589 g/mol. The predicted molar refractivity (Wildman–Crippen MR) is 160 cm³/mol. The van der Waals surface area contributed by atoms with Crippen molar-refractivity contribution in [1.82, 2.24) is 5.32 Å². The van der Waals surface area contributed by atoms with E-state index in [-0.39, 0.29) is 38.2 Å². The van der Waals surface area contributed by atoms with E-state index in [9.17, 15) is 14.2 Å². The quantitative estimate of drug-likeness (QED) is 0.0902. The molecule has 0 aromatic heterocycles. The smallest absolute Gasteiger partial charge is 0.408 e. The van der Waals surface area contributed by atoms with Gasteiger partial charge in [-0.3, -0.25) is 9.56 Å². The van der Waals surface area contributed by atoms with E-state index in [1.165, 1.54) is 0 Å². The SMILES string of the molecule is CC(C)(C)OC(=O)N[C@@H](CCCN=C(N)CP(=O)(OCc1ccccc1)OCc1ccccc1)C(=O)OC(C)(C)C. The normalized spacial score (nSPS) is 13.4. The van der Waals surface area contributed by atoms with Crippen molar-refractivity contribution in [2.24, 2.45) is 10.7 Å². The average molecular weight is 590 g/mol. The van der Waals surface area contributed by atoms with Crippen LogP contribution in [0.15, 0.2) is 65.7 Å². The van der Waals surface area contributed by atoms with Crippen LogP contribution in [0.1, 0.15) is 65.5 Å². The maximum absolute atomic E-state index is 13.6. The number of nitrogens with one attached hydrogen (secondary N) is 1. The molecule has 226 valence electrons. The summed E-state index contributed by atoms with van der Waals surface area (Å²) in [5, 5.41) is 2.59. The van der Waals surface area contributed by atoms with E-state index in [1.54, 1.807) is 41.5 Å². The number of amidine groups is 1. The van der Waals surface area contributed by atoms with Crippen molar-refractivity contribution in [2.45, 2.75) is 84.8 Å². The first-order valence-corrected chi connectivity index (χ1v) is 15.3. The number of aliphatic imine (C=N–C) groups is 1. The van der Waals surface area contributed by atoms with Gasteiger partial charge in [-0.2, -0.15) is 0 Å². The molecule has 0 heterocycles. The van der Waals surface area contributed by atoms with Crippen LogP contribution in [0.25, 0.3) is 0 Å². The molecular weight excluding hydrogens is 545 g/mol. The molecule has 0 saturated heterocycles. The summed E-state index contributed by atoms with van der Waals surface area (Å²) >= 11 is 0. The lowest BCUT2D eigenvalue weighted by atomic mass is 10.1. The van der Waals surface area contributed by atoms with Gasteiger partial charge in [0.25, 0.3) is 0 Å². The molecule has 0 aliphatic heterocycles. The Labute approximate surface area is 243 Å². The molecule has 41 heavy (non-hydrogen) atoms. The maximum atomic E-state index is 13.6. The fraction of sp³-hybridized carbons (Fsp3) is 0.500. The lowest BCUT2D eigenvalue weighted by molar-refractivity contribution is -0.157. The van der Waals surface area contributed by atoms with Gasteiger partial charge in [0, 0.05) is 6.54 Å². The summed E-state index contributed by atoms with van der Waals surface area (Å²) in [6.07, 6.45) is -0.292. The predicted octanol–water partition coefficient (Wildman–Crippen LogP) is 5.99. The third-order valence-corrected chi connectivity index (χ3v) is 7.00. The number of nitrogens with zero attached hydrogens (tertiary/aromatic N) is 1. The summed E-state index contributed by atoms with van der Waals surface area (Å²) in [5.74, 6) is -0.475. The lowest BCUT2D eigenvalue weighted by Gasteiger charge is -2.26. The number of amides is 1. The van der Waals surface area contributed by atoms with Crippen LogP contribution in [0.2, 0.25) is 0 Å². The molecule has 0 unspecified atom stereocenters. The van der Waals surface area contributed by atoms with Crippen molar-refractivity contribution >= 4 is 25.5 Å². The van der Waals surface area contributed by atoms with Crippen molar-refractivity contribution in [2.75, 3.05) is 12.7 Å². The van der Waals surface area contributed by atoms with Gasteiger partial charge in [0.15, 0.2) is 0 Å². The molecule has 11 heteroatoms. The van der Waals surface area contributed by atoms with Crippen LogP contribution in [-0.4, -0.2) is 47.8 Å². The van der Waals surface area contributed by atoms with Crippen molar-refractivity contribution < 1.29 is 32.7 Å². The fourth-order valence-electron chi connectivity index (χ4n) is 3.46. The highest BCUT2D eigenvalue weighted by Crippen LogP contribution is 2.49. The zero-order valence-electron chi connectivity index (χ0n) is 24.9. The number of alkyl carbamates (subject to hydrolysis) is 1. The molecule has 0 saturated carbocycles. The zero-order valence-corrected chi connectivity index (χ0v) is 25.8. The molecular formula is C30H44N3O7P. The van der Waals surface area contributed by atoms with Gasteiger partial charge in [0.05, 0.1) is 13.2 Å². The van der Waals surface area contributed by atoms with Crippen molar-refractivity contribution in [3.63, 3.8) is 0 Å². The van der Waals surface area contributed by atoms with Gasteiger partial charge >= 0.3 is 19.7 Å². The topological polar surface area (TPSA) is 139 Å². The minimum absolute atomic E-state index is 0.0914. The van der Waals surface area contributed by atoms with Crippen molar-refractivity contribution in [3.05, 3.63) is 71.8 Å². The van der Waals surface area contributed by atoms with Gasteiger partial charge < -0.3 is 29.6 Å². The van der Waals surface area contributed by atoms with Gasteiger partial charge in [0.1, 0.15) is 29.2 Å². The van der Waals surface area contributed by atoms with E-state index >= 15 is 0 Å². The van der Waals surface area contributed by atoms with E-state index in [2.05, 4.69) is 10.3 Å². The summed E-state index contributed by atoms with van der Waals surface area (Å²) in [5.41, 5.74) is 6.38. The Bertz CT molecular complexity index is 1130. The van der Waals surface area contributed by atoms with Crippen LogP contribution in [0.5, 0.6) is 0 Å². The van der Waals surface area contributed by atoms with Crippen LogP contribution in [0.3, 0.4) is 0 Å². The first-order chi connectivity index (χ1) is 19.1. The number of rotatable bonds is 14. The number of hydrogen-bond donors (Lipinski definition) is 2. The fourth-order valence-corrected chi connectivity index (χ4v) is 4.91. The van der Waals surface area contributed by atoms with Crippen molar-refractivity contribution in [1.29, 1.82) is 0 Å². The van der Waals surface area contributed by atoms with E-state index < -0.39 is 36.9 Å². The molecule has 0 fully saturated rings. The molecule has 0 spiro atoms. The molecule has 0 aliphatic carbocycles. The molecule has 3 N–H and O–H groups in total. The van der Waals surface area contributed by atoms with Crippen LogP contribution >= 0.6 is 7.60 Å². The number of ether oxygens (including phenoxy) is 2. The molecule has 0 radical (unpaired) electrons. The Kier molecular flexibility index (Phi) is 13.0. The number of benzene rings is 2. The number of carbonyl (C=O) groups is 2. The lowest BCUT2D eigenvalue weighted by Crippen LogP contribution is -2.46. The highest BCUT2D eigenvalue weighted by Gasteiger charge is 2.29. The van der Waals surface area contributed by atoms with Gasteiger partial charge in [-0.1, -0.05) is 60.7 Å². The molecule has 2 aromatic carbocycles. The van der Waals surface area contributed by atoms with Gasteiger partial charge in [-0.15, -0.1) is 0 Å². The molecule has 10 nitrogen and oxygen atoms in total. The average Bonchev–Trinajstić information content (AvgIpc) is 2.87. The summed E-state index contributed by atoms with van der Waals surface area (Å²) in [6.45, 7) is 10.9. The molecule has 0 aliphatic rings. The second-order valence-corrected chi connectivity index (χ2v) is 13.6. The number of nitrogens with two attached hydrogens (primary N) is 1. The Balaban J connectivity index is 2.02. The van der Waals surface area contributed by atoms with Crippen molar-refractivity contribution in [3.8, 4) is 0 Å². The summed E-state index contributed by atoms with van der Waals surface area (Å²) in [6, 6.07) is 17.8. The highest BCUT2D eigenvalue weighted by atomic mass is 31.2. The van der Waals surface area contributed by atoms with Gasteiger partial charge in [-0.05, 0) is 65.5 Å². The van der Waals surface area contributed by atoms with Gasteiger partial charge in [-0.25, -0.2) is 9.59 Å². The minimum atomic E-state index is -3.66. The Morgan fingerprint density at radius 1 is 0.854 bits per heavy atom. The summed E-state index contributed by atoms with van der Waals surface area (Å²) in [4.78, 5) is 29.4. The van der Waals surface area contributed by atoms with Gasteiger partial charge in [0.2, 0.25) is 0 Å². The minimum Gasteiger partial charge on any atom is -0.458 e. The number of esters is 1. The summed E-state index contributed by atoms with van der Waals surface area (Å²) in [7, 11) is -3.66. The Morgan fingerprint density at radius 3 is 1.80 bits per heavy atom. The van der Waals surface area contributed by atoms with Crippen LogP contribution in [-0.2, 0) is 41.1 Å².